The fourth-order valence-corrected chi connectivity index (χ4v) is 2.69. The van der Waals surface area contributed by atoms with Crippen molar-refractivity contribution < 1.29 is 14.0 Å². The molecule has 3 aromatic rings. The van der Waals surface area contributed by atoms with Crippen LogP contribution in [0.2, 0.25) is 5.02 Å². The Bertz CT molecular complexity index is 1020. The first kappa shape index (κ1) is 18.8. The summed E-state index contributed by atoms with van der Waals surface area (Å²) in [6.07, 6.45) is 1.65. The van der Waals surface area contributed by atoms with Crippen molar-refractivity contribution in [3.8, 4) is 0 Å². The van der Waals surface area contributed by atoms with Gasteiger partial charge in [0, 0.05) is 18.4 Å². The zero-order valence-electron chi connectivity index (χ0n) is 14.8. The number of aromatic nitrogens is 2. The molecule has 0 aliphatic carbocycles. The van der Waals surface area contributed by atoms with Crippen LogP contribution in [0.25, 0.3) is 5.52 Å². The highest BCUT2D eigenvalue weighted by atomic mass is 35.5. The molecule has 0 aliphatic heterocycles. The average molecular weight is 389 g/mol. The fraction of sp³-hybridized carbons (Fsp3) is 0.211. The number of carbonyl (C=O) groups is 2. The molecule has 0 spiro atoms. The second-order valence-corrected chi connectivity index (χ2v) is 6.83. The van der Waals surface area contributed by atoms with Crippen molar-refractivity contribution in [3.05, 3.63) is 65.0 Å². The van der Waals surface area contributed by atoms with Crippen LogP contribution in [-0.4, -0.2) is 27.7 Å². The molecule has 2 aromatic heterocycles. The Labute approximate surface area is 160 Å². The predicted octanol–water partition coefficient (Wildman–Crippen LogP) is 3.76. The normalized spacial score (nSPS) is 11.0. The lowest BCUT2D eigenvalue weighted by Gasteiger charge is -2.05. The number of nitrogens with one attached hydrogen (secondary N) is 2. The Morgan fingerprint density at radius 3 is 2.70 bits per heavy atom. The van der Waals surface area contributed by atoms with Gasteiger partial charge in [-0.25, -0.2) is 9.37 Å². The largest absolute Gasteiger partial charge is 0.350 e. The van der Waals surface area contributed by atoms with Gasteiger partial charge >= 0.3 is 0 Å². The van der Waals surface area contributed by atoms with Crippen LogP contribution in [-0.2, 0) is 0 Å². The van der Waals surface area contributed by atoms with E-state index in [0.29, 0.717) is 17.7 Å². The third-order valence-corrected chi connectivity index (χ3v) is 4.10. The van der Waals surface area contributed by atoms with E-state index in [-0.39, 0.29) is 28.4 Å². The highest BCUT2D eigenvalue weighted by molar-refractivity contribution is 6.31. The van der Waals surface area contributed by atoms with Gasteiger partial charge in [0.05, 0.1) is 10.5 Å². The molecule has 140 valence electrons. The van der Waals surface area contributed by atoms with E-state index in [9.17, 15) is 14.0 Å². The van der Waals surface area contributed by atoms with E-state index in [0.717, 1.165) is 6.07 Å². The molecule has 0 radical (unpaired) electrons. The summed E-state index contributed by atoms with van der Waals surface area (Å²) in [5.41, 5.74) is 1.00. The molecule has 0 aliphatic rings. The van der Waals surface area contributed by atoms with Gasteiger partial charge in [0.25, 0.3) is 11.8 Å². The molecule has 0 bridgehead atoms. The number of imidazole rings is 1. The molecular formula is C19H18ClFN4O2. The summed E-state index contributed by atoms with van der Waals surface area (Å²) in [7, 11) is 0. The Balaban J connectivity index is 1.93. The number of benzene rings is 1. The molecule has 2 heterocycles. The van der Waals surface area contributed by atoms with E-state index in [4.69, 9.17) is 11.6 Å². The van der Waals surface area contributed by atoms with Gasteiger partial charge in [0.15, 0.2) is 5.69 Å². The summed E-state index contributed by atoms with van der Waals surface area (Å²) >= 11 is 5.74. The minimum absolute atomic E-state index is 0.0424. The topological polar surface area (TPSA) is 75.5 Å². The summed E-state index contributed by atoms with van der Waals surface area (Å²) in [6.45, 7) is 4.47. The van der Waals surface area contributed by atoms with Crippen molar-refractivity contribution >= 4 is 34.6 Å². The molecule has 27 heavy (non-hydrogen) atoms. The van der Waals surface area contributed by atoms with Crippen LogP contribution in [0.15, 0.2) is 42.6 Å². The monoisotopic (exact) mass is 388 g/mol. The zero-order chi connectivity index (χ0) is 19.6. The van der Waals surface area contributed by atoms with E-state index in [1.807, 2.05) is 13.8 Å². The first-order valence-electron chi connectivity index (χ1n) is 8.38. The molecule has 0 fully saturated rings. The van der Waals surface area contributed by atoms with Crippen LogP contribution in [0.4, 0.5) is 10.1 Å². The molecule has 0 saturated heterocycles. The summed E-state index contributed by atoms with van der Waals surface area (Å²) in [5.74, 6) is -1.14. The molecule has 2 N–H and O–H groups in total. The fourth-order valence-electron chi connectivity index (χ4n) is 2.51. The van der Waals surface area contributed by atoms with Crippen molar-refractivity contribution in [1.29, 1.82) is 0 Å². The van der Waals surface area contributed by atoms with Crippen LogP contribution in [0.1, 0.15) is 35.0 Å². The van der Waals surface area contributed by atoms with Crippen molar-refractivity contribution in [3.63, 3.8) is 0 Å². The number of amides is 2. The lowest BCUT2D eigenvalue weighted by atomic mass is 10.2. The van der Waals surface area contributed by atoms with E-state index in [1.165, 1.54) is 16.5 Å². The van der Waals surface area contributed by atoms with Gasteiger partial charge in [-0.15, -0.1) is 0 Å². The highest BCUT2D eigenvalue weighted by Crippen LogP contribution is 2.20. The molecule has 6 nitrogen and oxygen atoms in total. The minimum atomic E-state index is -0.579. The number of pyridine rings is 1. The third-order valence-electron chi connectivity index (χ3n) is 3.81. The Kier molecular flexibility index (Phi) is 5.41. The third kappa shape index (κ3) is 4.09. The highest BCUT2D eigenvalue weighted by Gasteiger charge is 2.21. The van der Waals surface area contributed by atoms with Gasteiger partial charge in [0.1, 0.15) is 5.82 Å². The first-order chi connectivity index (χ1) is 12.9. The van der Waals surface area contributed by atoms with Crippen LogP contribution in [0, 0.1) is 11.7 Å². The van der Waals surface area contributed by atoms with Gasteiger partial charge in [-0.2, -0.15) is 0 Å². The second kappa shape index (κ2) is 7.75. The van der Waals surface area contributed by atoms with E-state index in [2.05, 4.69) is 15.6 Å². The number of hydrogen-bond acceptors (Lipinski definition) is 3. The Hall–Kier alpha value is -2.93. The number of anilines is 1. The van der Waals surface area contributed by atoms with Gasteiger partial charge < -0.3 is 10.6 Å². The maximum Gasteiger partial charge on any atom is 0.292 e. The summed E-state index contributed by atoms with van der Waals surface area (Å²) in [5, 5.41) is 5.31. The molecular weight excluding hydrogens is 371 g/mol. The number of carbonyl (C=O) groups excluding carboxylic acids is 2. The number of halogens is 2. The molecule has 0 saturated carbocycles. The Morgan fingerprint density at radius 2 is 2.00 bits per heavy atom. The first-order valence-corrected chi connectivity index (χ1v) is 8.76. The van der Waals surface area contributed by atoms with E-state index >= 15 is 0 Å². The maximum atomic E-state index is 13.3. The number of fused-ring (bicyclic) bond motifs is 1. The van der Waals surface area contributed by atoms with Crippen LogP contribution in [0.3, 0.4) is 0 Å². The minimum Gasteiger partial charge on any atom is -0.350 e. The average Bonchev–Trinajstić information content (AvgIpc) is 3.02. The molecule has 1 aromatic carbocycles. The number of nitrogens with zero attached hydrogens (tertiary/aromatic N) is 2. The summed E-state index contributed by atoms with van der Waals surface area (Å²) in [4.78, 5) is 29.4. The number of rotatable bonds is 5. The van der Waals surface area contributed by atoms with Crippen molar-refractivity contribution in [2.75, 3.05) is 11.9 Å². The van der Waals surface area contributed by atoms with Crippen molar-refractivity contribution in [2.24, 2.45) is 5.92 Å². The quantitative estimate of drug-likeness (QED) is 0.698. The van der Waals surface area contributed by atoms with Crippen LogP contribution < -0.4 is 10.6 Å². The van der Waals surface area contributed by atoms with Gasteiger partial charge in [-0.1, -0.05) is 31.5 Å². The van der Waals surface area contributed by atoms with E-state index < -0.39 is 11.7 Å². The van der Waals surface area contributed by atoms with Gasteiger partial charge in [-0.05, 0) is 36.2 Å². The summed E-state index contributed by atoms with van der Waals surface area (Å²) in [6, 6.07) is 9.06. The zero-order valence-corrected chi connectivity index (χ0v) is 15.5. The predicted molar refractivity (Wildman–Crippen MR) is 102 cm³/mol. The molecule has 3 rings (SSSR count). The van der Waals surface area contributed by atoms with Crippen LogP contribution >= 0.6 is 11.6 Å². The Morgan fingerprint density at radius 1 is 1.22 bits per heavy atom. The lowest BCUT2D eigenvalue weighted by Crippen LogP contribution is -2.27. The van der Waals surface area contributed by atoms with E-state index in [1.54, 1.807) is 24.4 Å². The lowest BCUT2D eigenvalue weighted by molar-refractivity contribution is 0.0946. The molecule has 8 heteroatoms. The molecule has 0 unspecified atom stereocenters. The molecule has 0 atom stereocenters. The van der Waals surface area contributed by atoms with Gasteiger partial charge in [0.2, 0.25) is 5.82 Å². The van der Waals surface area contributed by atoms with Crippen molar-refractivity contribution in [1.82, 2.24) is 14.7 Å². The second-order valence-electron chi connectivity index (χ2n) is 6.43. The molecule has 2 amide bonds. The van der Waals surface area contributed by atoms with Crippen molar-refractivity contribution in [2.45, 2.75) is 13.8 Å². The smallest absolute Gasteiger partial charge is 0.292 e. The summed E-state index contributed by atoms with van der Waals surface area (Å²) < 4.78 is 14.8. The number of hydrogen-bond donors (Lipinski definition) is 2. The SMILES string of the molecule is CC(C)CNC(=O)c1nc(C(=O)Nc2ccc(F)c(Cl)c2)n2ccccc12. The maximum absolute atomic E-state index is 13.3. The van der Waals surface area contributed by atoms with Crippen LogP contribution in [0.5, 0.6) is 0 Å². The van der Waals surface area contributed by atoms with Gasteiger partial charge in [-0.3, -0.25) is 14.0 Å². The standard InChI is InChI=1S/C19H18ClFN4O2/c1-11(2)10-22-18(26)16-15-5-3-4-8-25(15)17(24-16)19(27)23-12-6-7-14(21)13(20)9-12/h3-9,11H,10H2,1-2H3,(H,22,26)(H,23,27).